The molecule has 0 unspecified atom stereocenters. The van der Waals surface area contributed by atoms with E-state index >= 15 is 0 Å². The van der Waals surface area contributed by atoms with Gasteiger partial charge in [0, 0.05) is 11.6 Å². The summed E-state index contributed by atoms with van der Waals surface area (Å²) in [4.78, 5) is 12.4. The molecular formula is C22H21Cl3N4O2S. The second-order valence-corrected chi connectivity index (χ2v) is 9.06. The number of anilines is 1. The Morgan fingerprint density at radius 3 is 2.62 bits per heavy atom. The molecule has 3 rings (SSSR count). The standard InChI is InChI=1S/C22H21Cl3N4O2S/c1-4-8-29-19(11-31-18-7-5-6-13(2)14(18)3)27-28-22(29)32-12-20(30)26-21-16(24)9-15(23)10-17(21)25/h4-7,9-10H,1,8,11-12H2,2-3H3,(H,26,30). The Labute approximate surface area is 205 Å². The number of hydrogen-bond donors (Lipinski definition) is 1. The van der Waals surface area contributed by atoms with Gasteiger partial charge in [-0.15, -0.1) is 16.8 Å². The molecule has 1 N–H and O–H groups in total. The molecule has 3 aromatic rings. The molecule has 0 saturated heterocycles. The number of rotatable bonds is 9. The number of hydrogen-bond acceptors (Lipinski definition) is 5. The summed E-state index contributed by atoms with van der Waals surface area (Å²) >= 11 is 19.4. The Kier molecular flexibility index (Phi) is 8.48. The third-order valence-corrected chi connectivity index (χ3v) is 6.40. The molecule has 0 aliphatic rings. The van der Waals surface area contributed by atoms with E-state index < -0.39 is 0 Å². The normalized spacial score (nSPS) is 10.8. The SMILES string of the molecule is C=CCn1c(COc2cccc(C)c2C)nnc1SCC(=O)Nc1c(Cl)cc(Cl)cc1Cl. The van der Waals surface area contributed by atoms with Crippen LogP contribution >= 0.6 is 46.6 Å². The summed E-state index contributed by atoms with van der Waals surface area (Å²) in [6, 6.07) is 8.93. The van der Waals surface area contributed by atoms with Crippen LogP contribution in [0.25, 0.3) is 0 Å². The number of amides is 1. The number of thioether (sulfide) groups is 1. The first kappa shape index (κ1) is 24.5. The van der Waals surface area contributed by atoms with Gasteiger partial charge in [0.25, 0.3) is 0 Å². The molecule has 6 nitrogen and oxygen atoms in total. The lowest BCUT2D eigenvalue weighted by molar-refractivity contribution is -0.113. The van der Waals surface area contributed by atoms with E-state index in [0.717, 1.165) is 16.9 Å². The first-order valence-electron chi connectivity index (χ1n) is 9.59. The van der Waals surface area contributed by atoms with E-state index in [1.807, 2.05) is 36.6 Å². The number of allylic oxidation sites excluding steroid dienone is 1. The summed E-state index contributed by atoms with van der Waals surface area (Å²) in [6.07, 6.45) is 1.74. The second-order valence-electron chi connectivity index (χ2n) is 6.87. The Morgan fingerprint density at radius 1 is 1.22 bits per heavy atom. The number of nitrogens with zero attached hydrogens (tertiary/aromatic N) is 3. The van der Waals surface area contributed by atoms with E-state index in [2.05, 4.69) is 22.1 Å². The zero-order valence-electron chi connectivity index (χ0n) is 17.5. The van der Waals surface area contributed by atoms with Gasteiger partial charge in [-0.25, -0.2) is 0 Å². The van der Waals surface area contributed by atoms with Crippen molar-refractivity contribution < 1.29 is 9.53 Å². The molecule has 1 heterocycles. The van der Waals surface area contributed by atoms with E-state index in [0.29, 0.717) is 28.2 Å². The molecule has 2 aromatic carbocycles. The van der Waals surface area contributed by atoms with Crippen molar-refractivity contribution in [2.45, 2.75) is 32.2 Å². The lowest BCUT2D eigenvalue weighted by Crippen LogP contribution is -2.15. The Hall–Kier alpha value is -2.19. The summed E-state index contributed by atoms with van der Waals surface area (Å²) in [6.45, 7) is 8.57. The highest BCUT2D eigenvalue weighted by atomic mass is 35.5. The molecule has 0 bridgehead atoms. The summed E-state index contributed by atoms with van der Waals surface area (Å²) in [5, 5.41) is 12.6. The molecule has 0 radical (unpaired) electrons. The van der Waals surface area contributed by atoms with E-state index in [4.69, 9.17) is 39.5 Å². The van der Waals surface area contributed by atoms with Gasteiger partial charge in [0.2, 0.25) is 5.91 Å². The van der Waals surface area contributed by atoms with Crippen molar-refractivity contribution in [3.63, 3.8) is 0 Å². The molecule has 0 atom stereocenters. The van der Waals surface area contributed by atoms with Gasteiger partial charge in [-0.3, -0.25) is 9.36 Å². The van der Waals surface area contributed by atoms with Crippen LogP contribution in [0, 0.1) is 13.8 Å². The van der Waals surface area contributed by atoms with Crippen LogP contribution in [0.1, 0.15) is 17.0 Å². The van der Waals surface area contributed by atoms with Crippen molar-refractivity contribution in [3.05, 3.63) is 75.0 Å². The van der Waals surface area contributed by atoms with Gasteiger partial charge in [0.05, 0.1) is 21.5 Å². The van der Waals surface area contributed by atoms with E-state index in [9.17, 15) is 4.79 Å². The number of ether oxygens (including phenoxy) is 1. The van der Waals surface area contributed by atoms with Gasteiger partial charge in [0.15, 0.2) is 11.0 Å². The molecule has 10 heteroatoms. The first-order chi connectivity index (χ1) is 15.3. The van der Waals surface area contributed by atoms with Crippen molar-refractivity contribution in [3.8, 4) is 5.75 Å². The highest BCUT2D eigenvalue weighted by Crippen LogP contribution is 2.34. The third kappa shape index (κ3) is 5.98. The Bertz CT molecular complexity index is 1130. The highest BCUT2D eigenvalue weighted by molar-refractivity contribution is 7.99. The van der Waals surface area contributed by atoms with Crippen LogP contribution in [0.15, 0.2) is 48.1 Å². The monoisotopic (exact) mass is 510 g/mol. The minimum atomic E-state index is -0.289. The number of aryl methyl sites for hydroxylation is 1. The van der Waals surface area contributed by atoms with Gasteiger partial charge >= 0.3 is 0 Å². The van der Waals surface area contributed by atoms with Crippen molar-refractivity contribution in [1.82, 2.24) is 14.8 Å². The molecule has 0 aliphatic carbocycles. The fraction of sp³-hybridized carbons (Fsp3) is 0.227. The molecule has 0 spiro atoms. The highest BCUT2D eigenvalue weighted by Gasteiger charge is 2.16. The predicted octanol–water partition coefficient (Wildman–Crippen LogP) is 6.35. The van der Waals surface area contributed by atoms with E-state index in [1.54, 1.807) is 6.08 Å². The number of halogens is 3. The molecule has 0 fully saturated rings. The minimum Gasteiger partial charge on any atom is -0.485 e. The summed E-state index contributed by atoms with van der Waals surface area (Å²) < 4.78 is 7.82. The van der Waals surface area contributed by atoms with Gasteiger partial charge in [-0.2, -0.15) is 0 Å². The maximum atomic E-state index is 12.4. The maximum Gasteiger partial charge on any atom is 0.234 e. The van der Waals surface area contributed by atoms with Gasteiger partial charge in [-0.05, 0) is 43.2 Å². The van der Waals surface area contributed by atoms with Crippen molar-refractivity contribution in [2.24, 2.45) is 0 Å². The summed E-state index contributed by atoms with van der Waals surface area (Å²) in [5.74, 6) is 1.23. The Balaban J connectivity index is 1.67. The van der Waals surface area contributed by atoms with Gasteiger partial charge < -0.3 is 10.1 Å². The topological polar surface area (TPSA) is 69.0 Å². The molecule has 168 valence electrons. The largest absolute Gasteiger partial charge is 0.485 e. The minimum absolute atomic E-state index is 0.0857. The Morgan fingerprint density at radius 2 is 1.94 bits per heavy atom. The van der Waals surface area contributed by atoms with Crippen LogP contribution in [-0.4, -0.2) is 26.4 Å². The molecule has 1 amide bonds. The zero-order valence-corrected chi connectivity index (χ0v) is 20.6. The number of benzene rings is 2. The number of aromatic nitrogens is 3. The average Bonchev–Trinajstić information content (AvgIpc) is 3.12. The van der Waals surface area contributed by atoms with Crippen molar-refractivity contribution >= 4 is 58.2 Å². The van der Waals surface area contributed by atoms with Crippen LogP contribution in [0.5, 0.6) is 5.75 Å². The van der Waals surface area contributed by atoms with Crippen molar-refractivity contribution in [2.75, 3.05) is 11.1 Å². The van der Waals surface area contributed by atoms with Crippen LogP contribution in [0.3, 0.4) is 0 Å². The van der Waals surface area contributed by atoms with Crippen LogP contribution in [-0.2, 0) is 17.9 Å². The summed E-state index contributed by atoms with van der Waals surface area (Å²) in [7, 11) is 0. The van der Waals surface area contributed by atoms with E-state index in [-0.39, 0.29) is 28.3 Å². The molecule has 0 saturated carbocycles. The van der Waals surface area contributed by atoms with Crippen molar-refractivity contribution in [1.29, 1.82) is 0 Å². The van der Waals surface area contributed by atoms with Crippen LogP contribution in [0.4, 0.5) is 5.69 Å². The predicted molar refractivity (Wildman–Crippen MR) is 131 cm³/mol. The molecule has 1 aromatic heterocycles. The van der Waals surface area contributed by atoms with Crippen LogP contribution < -0.4 is 10.1 Å². The van der Waals surface area contributed by atoms with Gasteiger partial charge in [-0.1, -0.05) is 64.8 Å². The first-order valence-corrected chi connectivity index (χ1v) is 11.7. The summed E-state index contributed by atoms with van der Waals surface area (Å²) in [5.41, 5.74) is 2.55. The number of carbonyl (C=O) groups is 1. The van der Waals surface area contributed by atoms with Gasteiger partial charge in [0.1, 0.15) is 12.4 Å². The third-order valence-electron chi connectivity index (χ3n) is 4.62. The average molecular weight is 512 g/mol. The smallest absolute Gasteiger partial charge is 0.234 e. The number of carbonyl (C=O) groups excluding carboxylic acids is 1. The second kappa shape index (κ2) is 11.1. The fourth-order valence-electron chi connectivity index (χ4n) is 2.84. The van der Waals surface area contributed by atoms with E-state index in [1.165, 1.54) is 23.9 Å². The lowest BCUT2D eigenvalue weighted by atomic mass is 10.1. The quantitative estimate of drug-likeness (QED) is 0.268. The molecule has 32 heavy (non-hydrogen) atoms. The van der Waals surface area contributed by atoms with Crippen LogP contribution in [0.2, 0.25) is 15.1 Å². The molecular weight excluding hydrogens is 491 g/mol. The molecule has 0 aliphatic heterocycles. The maximum absolute atomic E-state index is 12.4. The lowest BCUT2D eigenvalue weighted by Gasteiger charge is -2.12. The zero-order chi connectivity index (χ0) is 23.3. The number of nitrogens with one attached hydrogen (secondary N) is 1. The fourth-order valence-corrected chi connectivity index (χ4v) is 4.51.